The number of amides is 1. The van der Waals surface area contributed by atoms with E-state index in [0.29, 0.717) is 25.4 Å². The van der Waals surface area contributed by atoms with Crippen molar-refractivity contribution in [1.82, 2.24) is 9.80 Å². The lowest BCUT2D eigenvalue weighted by Gasteiger charge is -2.35. The SMILES string of the molecule is C[C@@H]1CCCCO[C@@H](CN(C)C)[C@H](C)CN([C@H](C)CO)C(=O)c2cc(NS(=O)(=O)c3ccc(F)cc3)ccc2O1. The number of hydrogen-bond acceptors (Lipinski definition) is 7. The van der Waals surface area contributed by atoms with Crippen LogP contribution < -0.4 is 9.46 Å². The number of carbonyl (C=O) groups is 1. The molecular formula is C29H42FN3O6S. The highest BCUT2D eigenvalue weighted by Crippen LogP contribution is 2.29. The number of aliphatic hydroxyl groups is 1. The van der Waals surface area contributed by atoms with Crippen molar-refractivity contribution < 1.29 is 32.2 Å². The average molecular weight is 580 g/mol. The lowest BCUT2D eigenvalue weighted by Crippen LogP contribution is -2.47. The quantitative estimate of drug-likeness (QED) is 0.511. The van der Waals surface area contributed by atoms with Crippen molar-refractivity contribution in [3.63, 3.8) is 0 Å². The van der Waals surface area contributed by atoms with Crippen LogP contribution in [0.5, 0.6) is 5.75 Å². The molecule has 0 radical (unpaired) electrons. The van der Waals surface area contributed by atoms with E-state index in [2.05, 4.69) is 9.62 Å². The molecule has 2 N–H and O–H groups in total. The highest BCUT2D eigenvalue weighted by atomic mass is 32.2. The fourth-order valence-corrected chi connectivity index (χ4v) is 5.69. The number of halogens is 1. The molecule has 3 rings (SSSR count). The van der Waals surface area contributed by atoms with Crippen LogP contribution in [0, 0.1) is 11.7 Å². The zero-order valence-corrected chi connectivity index (χ0v) is 24.8. The molecule has 2 aromatic carbocycles. The van der Waals surface area contributed by atoms with E-state index in [0.717, 1.165) is 31.4 Å². The summed E-state index contributed by atoms with van der Waals surface area (Å²) in [5.74, 6) is -0.651. The topological polar surface area (TPSA) is 108 Å². The van der Waals surface area contributed by atoms with E-state index in [1.54, 1.807) is 17.9 Å². The Morgan fingerprint density at radius 2 is 1.85 bits per heavy atom. The van der Waals surface area contributed by atoms with Gasteiger partial charge in [0.15, 0.2) is 0 Å². The Morgan fingerprint density at radius 3 is 2.50 bits per heavy atom. The number of anilines is 1. The molecule has 0 saturated carbocycles. The van der Waals surface area contributed by atoms with Gasteiger partial charge in [-0.3, -0.25) is 9.52 Å². The summed E-state index contributed by atoms with van der Waals surface area (Å²) in [5, 5.41) is 10.0. The summed E-state index contributed by atoms with van der Waals surface area (Å²) in [4.78, 5) is 17.6. The molecule has 0 bridgehead atoms. The predicted octanol–water partition coefficient (Wildman–Crippen LogP) is 3.98. The van der Waals surface area contributed by atoms with Gasteiger partial charge in [0.25, 0.3) is 15.9 Å². The molecule has 0 fully saturated rings. The second-order valence-electron chi connectivity index (χ2n) is 10.8. The van der Waals surface area contributed by atoms with Crippen molar-refractivity contribution in [1.29, 1.82) is 0 Å². The molecule has 0 unspecified atom stereocenters. The summed E-state index contributed by atoms with van der Waals surface area (Å²) in [6, 6.07) is 8.54. The van der Waals surface area contributed by atoms with Crippen LogP contribution >= 0.6 is 0 Å². The molecule has 1 aliphatic heterocycles. The molecule has 11 heteroatoms. The molecule has 0 aromatic heterocycles. The maximum Gasteiger partial charge on any atom is 0.261 e. The molecule has 1 amide bonds. The lowest BCUT2D eigenvalue weighted by molar-refractivity contribution is -0.0137. The van der Waals surface area contributed by atoms with Crippen molar-refractivity contribution in [3.8, 4) is 5.75 Å². The molecule has 0 aliphatic carbocycles. The van der Waals surface area contributed by atoms with E-state index in [4.69, 9.17) is 9.47 Å². The highest BCUT2D eigenvalue weighted by molar-refractivity contribution is 7.92. The molecule has 40 heavy (non-hydrogen) atoms. The molecular weight excluding hydrogens is 537 g/mol. The number of rotatable bonds is 7. The molecule has 2 aromatic rings. The van der Waals surface area contributed by atoms with E-state index >= 15 is 0 Å². The van der Waals surface area contributed by atoms with E-state index in [1.165, 1.54) is 24.3 Å². The molecule has 1 heterocycles. The van der Waals surface area contributed by atoms with Crippen molar-refractivity contribution in [2.75, 3.05) is 45.1 Å². The Morgan fingerprint density at radius 1 is 1.15 bits per heavy atom. The first-order chi connectivity index (χ1) is 18.9. The minimum absolute atomic E-state index is 0.0493. The van der Waals surface area contributed by atoms with Gasteiger partial charge in [-0.15, -0.1) is 0 Å². The van der Waals surface area contributed by atoms with Crippen LogP contribution in [0.25, 0.3) is 0 Å². The Balaban J connectivity index is 2.02. The van der Waals surface area contributed by atoms with Gasteiger partial charge in [0.2, 0.25) is 0 Å². The zero-order chi connectivity index (χ0) is 29.4. The Labute approximate surface area is 237 Å². The van der Waals surface area contributed by atoms with E-state index in [-0.39, 0.29) is 46.8 Å². The minimum atomic E-state index is -4.04. The number of carbonyl (C=O) groups excluding carboxylic acids is 1. The van der Waals surface area contributed by atoms with Gasteiger partial charge < -0.3 is 24.4 Å². The number of likely N-dealkylation sites (N-methyl/N-ethyl adjacent to an activating group) is 1. The van der Waals surface area contributed by atoms with Crippen molar-refractivity contribution in [3.05, 3.63) is 53.8 Å². The summed E-state index contributed by atoms with van der Waals surface area (Å²) < 4.78 is 54.2. The fraction of sp³-hybridized carbons (Fsp3) is 0.552. The van der Waals surface area contributed by atoms with Crippen molar-refractivity contribution in [2.24, 2.45) is 5.92 Å². The first kappa shape index (κ1) is 31.8. The van der Waals surface area contributed by atoms with Crippen LogP contribution in [0.2, 0.25) is 0 Å². The smallest absolute Gasteiger partial charge is 0.261 e. The largest absolute Gasteiger partial charge is 0.490 e. The van der Waals surface area contributed by atoms with Crippen LogP contribution in [0.4, 0.5) is 10.1 Å². The van der Waals surface area contributed by atoms with Gasteiger partial charge in [-0.1, -0.05) is 6.92 Å². The first-order valence-electron chi connectivity index (χ1n) is 13.7. The fourth-order valence-electron chi connectivity index (χ4n) is 4.64. The predicted molar refractivity (Wildman–Crippen MR) is 153 cm³/mol. The third-order valence-corrected chi connectivity index (χ3v) is 8.37. The number of sulfonamides is 1. The van der Waals surface area contributed by atoms with Gasteiger partial charge in [0, 0.05) is 31.3 Å². The molecule has 4 atom stereocenters. The Kier molecular flexibility index (Phi) is 11.3. The van der Waals surface area contributed by atoms with Crippen molar-refractivity contribution >= 4 is 21.6 Å². The Bertz CT molecular complexity index is 1220. The third-order valence-electron chi connectivity index (χ3n) is 6.97. The first-order valence-corrected chi connectivity index (χ1v) is 15.2. The maximum absolute atomic E-state index is 14.1. The Hall–Kier alpha value is -2.73. The van der Waals surface area contributed by atoms with Gasteiger partial charge in [0.05, 0.1) is 35.3 Å². The summed E-state index contributed by atoms with van der Waals surface area (Å²) in [6.45, 7) is 7.07. The highest BCUT2D eigenvalue weighted by Gasteiger charge is 2.30. The third kappa shape index (κ3) is 8.63. The standard InChI is InChI=1S/C29H42FN3O6S/c1-20-17-33(21(2)19-34)29(35)26-16-24(31-40(36,37)25-12-9-23(30)10-13-25)11-14-27(26)39-22(3)8-6-7-15-38-28(20)18-32(4)5/h9-14,16,20-22,28,31,34H,6-8,15,17-19H2,1-5H3/t20-,21-,22-,28+/m1/s1. The number of aliphatic hydroxyl groups excluding tert-OH is 1. The van der Waals surface area contributed by atoms with Crippen LogP contribution in [0.15, 0.2) is 47.4 Å². The zero-order valence-electron chi connectivity index (χ0n) is 24.0. The number of hydrogen-bond donors (Lipinski definition) is 2. The van der Waals surface area contributed by atoms with Crippen LogP contribution in [0.1, 0.15) is 50.4 Å². The molecule has 0 spiro atoms. The molecule has 9 nitrogen and oxygen atoms in total. The summed E-state index contributed by atoms with van der Waals surface area (Å²) in [7, 11) is -0.0862. The monoisotopic (exact) mass is 579 g/mol. The normalized spacial score (nSPS) is 22.2. The number of nitrogens with one attached hydrogen (secondary N) is 1. The number of benzene rings is 2. The van der Waals surface area contributed by atoms with Crippen LogP contribution in [0.3, 0.4) is 0 Å². The average Bonchev–Trinajstić information content (AvgIpc) is 2.90. The second-order valence-corrected chi connectivity index (χ2v) is 12.5. The number of ether oxygens (including phenoxy) is 2. The van der Waals surface area contributed by atoms with Gasteiger partial charge in [0.1, 0.15) is 11.6 Å². The summed E-state index contributed by atoms with van der Waals surface area (Å²) in [5.41, 5.74) is 0.341. The minimum Gasteiger partial charge on any atom is -0.490 e. The van der Waals surface area contributed by atoms with Crippen LogP contribution in [-0.4, -0.2) is 87.9 Å². The maximum atomic E-state index is 14.1. The van der Waals surface area contributed by atoms with E-state index in [1.807, 2.05) is 27.9 Å². The summed E-state index contributed by atoms with van der Waals surface area (Å²) >= 11 is 0. The van der Waals surface area contributed by atoms with Gasteiger partial charge >= 0.3 is 0 Å². The number of fused-ring (bicyclic) bond motifs is 1. The van der Waals surface area contributed by atoms with Gasteiger partial charge in [-0.05, 0) is 89.7 Å². The molecule has 0 saturated heterocycles. The van der Waals surface area contributed by atoms with Gasteiger partial charge in [-0.25, -0.2) is 12.8 Å². The summed E-state index contributed by atoms with van der Waals surface area (Å²) in [6.07, 6.45) is 2.19. The van der Waals surface area contributed by atoms with Gasteiger partial charge in [-0.2, -0.15) is 0 Å². The van der Waals surface area contributed by atoms with E-state index < -0.39 is 21.9 Å². The molecule has 222 valence electrons. The second kappa shape index (κ2) is 14.2. The lowest BCUT2D eigenvalue weighted by atomic mass is 10.0. The number of nitrogens with zero attached hydrogens (tertiary/aromatic N) is 2. The van der Waals surface area contributed by atoms with Crippen molar-refractivity contribution in [2.45, 2.75) is 63.2 Å². The van der Waals surface area contributed by atoms with Crippen LogP contribution in [-0.2, 0) is 14.8 Å². The van der Waals surface area contributed by atoms with E-state index in [9.17, 15) is 22.7 Å². The molecule has 1 aliphatic rings.